The SMILES string of the molecule is CCCNC(=O)c1nn(CC)cc1NC(=O)C1CCN(S(C)(=O)=O)CC1. The van der Waals surface area contributed by atoms with Crippen LogP contribution in [0.5, 0.6) is 0 Å². The first-order valence-electron chi connectivity index (χ1n) is 8.87. The third kappa shape index (κ3) is 5.04. The second-order valence-electron chi connectivity index (χ2n) is 6.43. The van der Waals surface area contributed by atoms with E-state index in [1.165, 1.54) is 10.6 Å². The molecule has 0 bridgehead atoms. The van der Waals surface area contributed by atoms with Gasteiger partial charge in [-0.15, -0.1) is 0 Å². The Morgan fingerprint density at radius 3 is 2.46 bits per heavy atom. The van der Waals surface area contributed by atoms with E-state index >= 15 is 0 Å². The van der Waals surface area contributed by atoms with E-state index in [2.05, 4.69) is 15.7 Å². The normalized spacial score (nSPS) is 16.4. The van der Waals surface area contributed by atoms with Gasteiger partial charge in [0.25, 0.3) is 5.91 Å². The minimum absolute atomic E-state index is 0.197. The molecular formula is C16H27N5O4S. The maximum Gasteiger partial charge on any atom is 0.273 e. The van der Waals surface area contributed by atoms with Crippen LogP contribution in [0.1, 0.15) is 43.6 Å². The fraction of sp³-hybridized carbons (Fsp3) is 0.688. The summed E-state index contributed by atoms with van der Waals surface area (Å²) in [5.41, 5.74) is 0.582. The number of aryl methyl sites for hydroxylation is 1. The number of amides is 2. The van der Waals surface area contributed by atoms with E-state index in [0.29, 0.717) is 44.7 Å². The molecule has 26 heavy (non-hydrogen) atoms. The number of carbonyl (C=O) groups is 2. The van der Waals surface area contributed by atoms with E-state index in [-0.39, 0.29) is 23.4 Å². The van der Waals surface area contributed by atoms with Crippen LogP contribution in [0.15, 0.2) is 6.20 Å². The van der Waals surface area contributed by atoms with Gasteiger partial charge in [-0.05, 0) is 26.2 Å². The Hall–Kier alpha value is -1.94. The molecule has 0 saturated carbocycles. The second kappa shape index (κ2) is 8.63. The van der Waals surface area contributed by atoms with Gasteiger partial charge >= 0.3 is 0 Å². The van der Waals surface area contributed by atoms with Gasteiger partial charge in [0.05, 0.1) is 11.9 Å². The lowest BCUT2D eigenvalue weighted by molar-refractivity contribution is -0.120. The largest absolute Gasteiger partial charge is 0.351 e. The van der Waals surface area contributed by atoms with Crippen molar-refractivity contribution >= 4 is 27.5 Å². The van der Waals surface area contributed by atoms with Gasteiger partial charge in [0.1, 0.15) is 0 Å². The fourth-order valence-electron chi connectivity index (χ4n) is 2.85. The lowest BCUT2D eigenvalue weighted by Gasteiger charge is -2.29. The molecule has 2 N–H and O–H groups in total. The molecule has 0 radical (unpaired) electrons. The van der Waals surface area contributed by atoms with Crippen LogP contribution in [0.3, 0.4) is 0 Å². The summed E-state index contributed by atoms with van der Waals surface area (Å²) in [6.07, 6.45) is 4.54. The molecule has 1 aromatic rings. The first kappa shape index (κ1) is 20.4. The van der Waals surface area contributed by atoms with E-state index in [0.717, 1.165) is 6.42 Å². The first-order valence-corrected chi connectivity index (χ1v) is 10.7. The van der Waals surface area contributed by atoms with Crippen LogP contribution in [0.4, 0.5) is 5.69 Å². The van der Waals surface area contributed by atoms with Gasteiger partial charge in [0, 0.05) is 38.3 Å². The molecule has 1 fully saturated rings. The molecule has 1 aromatic heterocycles. The zero-order valence-electron chi connectivity index (χ0n) is 15.5. The number of nitrogens with zero attached hydrogens (tertiary/aromatic N) is 3. The monoisotopic (exact) mass is 385 g/mol. The van der Waals surface area contributed by atoms with Crippen LogP contribution in [0, 0.1) is 5.92 Å². The van der Waals surface area contributed by atoms with Crippen LogP contribution in [0.25, 0.3) is 0 Å². The van der Waals surface area contributed by atoms with E-state index in [4.69, 9.17) is 0 Å². The van der Waals surface area contributed by atoms with E-state index in [9.17, 15) is 18.0 Å². The van der Waals surface area contributed by atoms with Crippen molar-refractivity contribution in [3.63, 3.8) is 0 Å². The lowest BCUT2D eigenvalue weighted by atomic mass is 9.97. The molecule has 0 aromatic carbocycles. The number of hydrogen-bond donors (Lipinski definition) is 2. The van der Waals surface area contributed by atoms with Crippen molar-refractivity contribution in [1.82, 2.24) is 19.4 Å². The van der Waals surface area contributed by atoms with Crippen molar-refractivity contribution in [2.45, 2.75) is 39.7 Å². The number of rotatable bonds is 7. The van der Waals surface area contributed by atoms with E-state index < -0.39 is 10.0 Å². The number of sulfonamides is 1. The van der Waals surface area contributed by atoms with Crippen molar-refractivity contribution in [3.8, 4) is 0 Å². The van der Waals surface area contributed by atoms with Gasteiger partial charge in [-0.1, -0.05) is 6.92 Å². The summed E-state index contributed by atoms with van der Waals surface area (Å²) in [5.74, 6) is -0.816. The summed E-state index contributed by atoms with van der Waals surface area (Å²) in [5, 5.41) is 9.78. The van der Waals surface area contributed by atoms with Crippen LogP contribution in [-0.4, -0.2) is 60.2 Å². The summed E-state index contributed by atoms with van der Waals surface area (Å²) in [6, 6.07) is 0. The average Bonchev–Trinajstić information content (AvgIpc) is 3.02. The summed E-state index contributed by atoms with van der Waals surface area (Å²) >= 11 is 0. The Labute approximate surface area is 154 Å². The number of piperidine rings is 1. The molecule has 1 saturated heterocycles. The molecule has 1 aliphatic rings. The van der Waals surface area contributed by atoms with Crippen molar-refractivity contribution in [1.29, 1.82) is 0 Å². The van der Waals surface area contributed by atoms with E-state index in [1.54, 1.807) is 10.9 Å². The molecule has 2 rings (SSSR count). The van der Waals surface area contributed by atoms with Crippen molar-refractivity contribution in [2.24, 2.45) is 5.92 Å². The van der Waals surface area contributed by atoms with Gasteiger partial charge < -0.3 is 10.6 Å². The van der Waals surface area contributed by atoms with Crippen LogP contribution in [-0.2, 0) is 21.4 Å². The van der Waals surface area contributed by atoms with Gasteiger partial charge in [-0.25, -0.2) is 12.7 Å². The highest BCUT2D eigenvalue weighted by Crippen LogP contribution is 2.22. The third-order valence-corrected chi connectivity index (χ3v) is 5.69. The number of anilines is 1. The highest BCUT2D eigenvalue weighted by atomic mass is 32.2. The summed E-state index contributed by atoms with van der Waals surface area (Å²) in [7, 11) is -3.23. The third-order valence-electron chi connectivity index (χ3n) is 4.39. The standard InChI is InChI=1S/C16H27N5O4S/c1-4-8-17-16(23)14-13(11-20(5-2)19-14)18-15(22)12-6-9-21(10-7-12)26(3,24)25/h11-12H,4-10H2,1-3H3,(H,17,23)(H,18,22). The van der Waals surface area contributed by atoms with Crippen molar-refractivity contribution in [3.05, 3.63) is 11.9 Å². The molecule has 1 aliphatic heterocycles. The number of hydrogen-bond acceptors (Lipinski definition) is 5. The van der Waals surface area contributed by atoms with Gasteiger partial charge in [0.2, 0.25) is 15.9 Å². The van der Waals surface area contributed by atoms with Gasteiger partial charge in [-0.3, -0.25) is 14.3 Å². The highest BCUT2D eigenvalue weighted by Gasteiger charge is 2.30. The zero-order chi connectivity index (χ0) is 19.3. The van der Waals surface area contributed by atoms with Gasteiger partial charge in [0.15, 0.2) is 5.69 Å². The Morgan fingerprint density at radius 1 is 1.27 bits per heavy atom. The molecule has 146 valence electrons. The Balaban J connectivity index is 2.05. The maximum atomic E-state index is 12.6. The highest BCUT2D eigenvalue weighted by molar-refractivity contribution is 7.88. The van der Waals surface area contributed by atoms with Crippen LogP contribution < -0.4 is 10.6 Å². The lowest BCUT2D eigenvalue weighted by Crippen LogP contribution is -2.41. The molecule has 0 atom stereocenters. The van der Waals surface area contributed by atoms with Crippen molar-refractivity contribution < 1.29 is 18.0 Å². The molecule has 9 nitrogen and oxygen atoms in total. The summed E-state index contributed by atoms with van der Waals surface area (Å²) in [6.45, 7) is 5.62. The predicted molar refractivity (Wildman–Crippen MR) is 98.3 cm³/mol. The zero-order valence-corrected chi connectivity index (χ0v) is 16.3. The van der Waals surface area contributed by atoms with Crippen LogP contribution >= 0.6 is 0 Å². The Morgan fingerprint density at radius 2 is 1.92 bits per heavy atom. The maximum absolute atomic E-state index is 12.6. The molecule has 0 aliphatic carbocycles. The minimum Gasteiger partial charge on any atom is -0.351 e. The smallest absolute Gasteiger partial charge is 0.273 e. The quantitative estimate of drug-likeness (QED) is 0.715. The number of aromatic nitrogens is 2. The van der Waals surface area contributed by atoms with Crippen molar-refractivity contribution in [2.75, 3.05) is 31.2 Å². The van der Waals surface area contributed by atoms with E-state index in [1.807, 2.05) is 13.8 Å². The summed E-state index contributed by atoms with van der Waals surface area (Å²) < 4.78 is 26.1. The predicted octanol–water partition coefficient (Wildman–Crippen LogP) is 0.653. The number of carbonyl (C=O) groups excluding carboxylic acids is 2. The van der Waals surface area contributed by atoms with Crippen LogP contribution in [0.2, 0.25) is 0 Å². The number of nitrogens with one attached hydrogen (secondary N) is 2. The topological polar surface area (TPSA) is 113 Å². The summed E-state index contributed by atoms with van der Waals surface area (Å²) in [4.78, 5) is 24.8. The molecule has 2 amide bonds. The molecular weight excluding hydrogens is 358 g/mol. The average molecular weight is 385 g/mol. The molecule has 2 heterocycles. The fourth-order valence-corrected chi connectivity index (χ4v) is 3.72. The molecule has 0 spiro atoms. The Kier molecular flexibility index (Phi) is 6.76. The first-order chi connectivity index (χ1) is 12.3. The van der Waals surface area contributed by atoms with Gasteiger partial charge in [-0.2, -0.15) is 5.10 Å². The molecule has 10 heteroatoms. The molecule has 0 unspecified atom stereocenters. The second-order valence-corrected chi connectivity index (χ2v) is 8.41. The Bertz CT molecular complexity index is 751. The minimum atomic E-state index is -3.23.